The summed E-state index contributed by atoms with van der Waals surface area (Å²) in [5.41, 5.74) is 4.51. The molecule has 3 aromatic heterocycles. The van der Waals surface area contributed by atoms with Gasteiger partial charge in [0.25, 0.3) is 5.91 Å². The third-order valence-corrected chi connectivity index (χ3v) is 6.73. The summed E-state index contributed by atoms with van der Waals surface area (Å²) in [7, 11) is 0. The molecule has 0 radical (unpaired) electrons. The van der Waals surface area contributed by atoms with Gasteiger partial charge in [0.2, 0.25) is 0 Å². The van der Waals surface area contributed by atoms with Crippen molar-refractivity contribution in [3.8, 4) is 5.82 Å². The standard InChI is InChI=1S/C21H21N5OS/c1-3-10-26-16-6-4-9-22-19(16)25-11-5-7-17(25)21(26)8-12-24(13-21)20(27)18-15(2)23-14-28-18/h3-7,9,11,14H,1,8,10,12-13H2,2H3. The van der Waals surface area contributed by atoms with E-state index in [0.29, 0.717) is 19.6 Å². The van der Waals surface area contributed by atoms with Crippen LogP contribution in [0.2, 0.25) is 0 Å². The zero-order chi connectivity index (χ0) is 19.3. The van der Waals surface area contributed by atoms with Gasteiger partial charge in [0, 0.05) is 32.0 Å². The molecule has 1 saturated heterocycles. The van der Waals surface area contributed by atoms with Crippen molar-refractivity contribution in [2.75, 3.05) is 24.5 Å². The van der Waals surface area contributed by atoms with Crippen LogP contribution in [0, 0.1) is 6.92 Å². The van der Waals surface area contributed by atoms with Gasteiger partial charge < -0.3 is 14.4 Å². The molecule has 1 spiro atoms. The minimum Gasteiger partial charge on any atom is -0.352 e. The Bertz CT molecular complexity index is 1070. The molecule has 1 unspecified atom stereocenters. The fourth-order valence-electron chi connectivity index (χ4n) is 4.55. The van der Waals surface area contributed by atoms with E-state index in [2.05, 4.69) is 50.4 Å². The Hall–Kier alpha value is -2.93. The summed E-state index contributed by atoms with van der Waals surface area (Å²) >= 11 is 1.42. The summed E-state index contributed by atoms with van der Waals surface area (Å²) in [4.78, 5) is 27.1. The lowest BCUT2D eigenvalue weighted by molar-refractivity contribution is 0.0786. The first-order valence-corrected chi connectivity index (χ1v) is 10.2. The normalized spacial score (nSPS) is 20.3. The van der Waals surface area contributed by atoms with Crippen molar-refractivity contribution in [3.63, 3.8) is 0 Å². The molecule has 142 valence electrons. The van der Waals surface area contributed by atoms with Gasteiger partial charge in [0.1, 0.15) is 10.4 Å². The third-order valence-electron chi connectivity index (χ3n) is 5.81. The van der Waals surface area contributed by atoms with Gasteiger partial charge in [0.05, 0.1) is 22.6 Å². The van der Waals surface area contributed by atoms with Crippen LogP contribution >= 0.6 is 11.3 Å². The summed E-state index contributed by atoms with van der Waals surface area (Å²) in [5, 5.41) is 0. The summed E-state index contributed by atoms with van der Waals surface area (Å²) in [5.74, 6) is 1.00. The SMILES string of the molecule is C=CCN1c2cccnc2-n2cccc2C12CCN(C(=O)c1scnc1C)C2. The Morgan fingerprint density at radius 1 is 1.36 bits per heavy atom. The molecule has 0 aliphatic carbocycles. The van der Waals surface area contributed by atoms with Crippen LogP contribution in [0.3, 0.4) is 0 Å². The van der Waals surface area contributed by atoms with E-state index in [-0.39, 0.29) is 11.4 Å². The monoisotopic (exact) mass is 391 g/mol. The van der Waals surface area contributed by atoms with Gasteiger partial charge in [-0.15, -0.1) is 17.9 Å². The number of anilines is 1. The molecule has 6 nitrogen and oxygen atoms in total. The Morgan fingerprint density at radius 3 is 3.04 bits per heavy atom. The van der Waals surface area contributed by atoms with E-state index in [9.17, 15) is 4.79 Å². The summed E-state index contributed by atoms with van der Waals surface area (Å²) in [6.07, 6.45) is 6.67. The lowest BCUT2D eigenvalue weighted by atomic mass is 9.89. The molecule has 5 heterocycles. The highest BCUT2D eigenvalue weighted by molar-refractivity contribution is 7.11. The van der Waals surface area contributed by atoms with Crippen LogP contribution in [0.1, 0.15) is 27.5 Å². The first-order valence-electron chi connectivity index (χ1n) is 9.37. The van der Waals surface area contributed by atoms with E-state index in [1.165, 1.54) is 17.0 Å². The maximum atomic E-state index is 13.2. The summed E-state index contributed by atoms with van der Waals surface area (Å²) in [6, 6.07) is 8.29. The van der Waals surface area contributed by atoms with Crippen LogP contribution in [-0.2, 0) is 5.54 Å². The molecule has 0 bridgehead atoms. The number of thiazole rings is 1. The minimum absolute atomic E-state index is 0.0746. The molecule has 0 aromatic carbocycles. The molecule has 1 amide bonds. The number of carbonyl (C=O) groups is 1. The van der Waals surface area contributed by atoms with E-state index < -0.39 is 0 Å². The van der Waals surface area contributed by atoms with Crippen molar-refractivity contribution >= 4 is 22.9 Å². The molecular weight excluding hydrogens is 370 g/mol. The van der Waals surface area contributed by atoms with E-state index >= 15 is 0 Å². The summed E-state index contributed by atoms with van der Waals surface area (Å²) < 4.78 is 2.17. The van der Waals surface area contributed by atoms with Crippen LogP contribution in [0.4, 0.5) is 5.69 Å². The van der Waals surface area contributed by atoms with E-state index in [0.717, 1.165) is 28.5 Å². The molecule has 1 fully saturated rings. The van der Waals surface area contributed by atoms with Gasteiger partial charge in [-0.05, 0) is 37.6 Å². The van der Waals surface area contributed by atoms with Crippen LogP contribution in [0.25, 0.3) is 5.82 Å². The Labute approximate surface area is 167 Å². The molecule has 5 rings (SSSR count). The molecule has 7 heteroatoms. The van der Waals surface area contributed by atoms with Gasteiger partial charge in [-0.3, -0.25) is 4.79 Å². The maximum absolute atomic E-state index is 13.2. The number of rotatable bonds is 3. The number of fused-ring (bicyclic) bond motifs is 4. The number of nitrogens with zero attached hydrogens (tertiary/aromatic N) is 5. The fraction of sp³-hybridized carbons (Fsp3) is 0.286. The number of pyridine rings is 1. The number of aromatic nitrogens is 3. The number of amides is 1. The highest BCUT2D eigenvalue weighted by Gasteiger charge is 2.50. The first kappa shape index (κ1) is 17.2. The van der Waals surface area contributed by atoms with Crippen molar-refractivity contribution in [2.24, 2.45) is 0 Å². The van der Waals surface area contributed by atoms with Crippen molar-refractivity contribution in [1.82, 2.24) is 19.4 Å². The lowest BCUT2D eigenvalue weighted by Crippen LogP contribution is -2.52. The smallest absolute Gasteiger partial charge is 0.265 e. The molecule has 0 N–H and O–H groups in total. The van der Waals surface area contributed by atoms with E-state index in [4.69, 9.17) is 0 Å². The zero-order valence-corrected chi connectivity index (χ0v) is 16.5. The molecule has 28 heavy (non-hydrogen) atoms. The van der Waals surface area contributed by atoms with Crippen molar-refractivity contribution < 1.29 is 4.79 Å². The average Bonchev–Trinajstić information content (AvgIpc) is 3.45. The van der Waals surface area contributed by atoms with Gasteiger partial charge in [-0.25, -0.2) is 9.97 Å². The second-order valence-corrected chi connectivity index (χ2v) is 8.14. The Kier molecular flexibility index (Phi) is 3.87. The number of aryl methyl sites for hydroxylation is 1. The maximum Gasteiger partial charge on any atom is 0.265 e. The zero-order valence-electron chi connectivity index (χ0n) is 15.7. The van der Waals surface area contributed by atoms with Crippen molar-refractivity contribution in [2.45, 2.75) is 18.9 Å². The fourth-order valence-corrected chi connectivity index (χ4v) is 5.32. The highest BCUT2D eigenvalue weighted by atomic mass is 32.1. The third kappa shape index (κ3) is 2.29. The molecule has 3 aromatic rings. The van der Waals surface area contributed by atoms with E-state index in [1.54, 1.807) is 5.51 Å². The van der Waals surface area contributed by atoms with Crippen molar-refractivity contribution in [3.05, 3.63) is 71.1 Å². The number of likely N-dealkylation sites (tertiary alicyclic amines) is 1. The molecular formula is C21H21N5OS. The van der Waals surface area contributed by atoms with Crippen LogP contribution in [0.15, 0.2) is 54.8 Å². The largest absolute Gasteiger partial charge is 0.352 e. The predicted octanol–water partition coefficient (Wildman–Crippen LogP) is 3.38. The number of hydrogen-bond acceptors (Lipinski definition) is 5. The van der Waals surface area contributed by atoms with Gasteiger partial charge in [0.15, 0.2) is 5.82 Å². The van der Waals surface area contributed by atoms with Gasteiger partial charge in [-0.2, -0.15) is 0 Å². The average molecular weight is 392 g/mol. The van der Waals surface area contributed by atoms with Crippen LogP contribution in [0.5, 0.6) is 0 Å². The van der Waals surface area contributed by atoms with Crippen LogP contribution in [-0.4, -0.2) is 45.0 Å². The molecule has 2 aliphatic heterocycles. The Morgan fingerprint density at radius 2 is 2.25 bits per heavy atom. The first-order chi connectivity index (χ1) is 13.7. The highest BCUT2D eigenvalue weighted by Crippen LogP contribution is 2.47. The van der Waals surface area contributed by atoms with Gasteiger partial charge in [-0.1, -0.05) is 6.08 Å². The number of hydrogen-bond donors (Lipinski definition) is 0. The Balaban J connectivity index is 1.60. The van der Waals surface area contributed by atoms with E-state index in [1.807, 2.05) is 30.2 Å². The summed E-state index contributed by atoms with van der Waals surface area (Å²) in [6.45, 7) is 7.92. The molecule has 0 saturated carbocycles. The predicted molar refractivity (Wildman–Crippen MR) is 110 cm³/mol. The quantitative estimate of drug-likeness (QED) is 0.643. The van der Waals surface area contributed by atoms with Crippen molar-refractivity contribution in [1.29, 1.82) is 0 Å². The second kappa shape index (κ2) is 6.31. The second-order valence-electron chi connectivity index (χ2n) is 7.28. The van der Waals surface area contributed by atoms with Crippen LogP contribution < -0.4 is 4.90 Å². The number of carbonyl (C=O) groups excluding carboxylic acids is 1. The molecule has 2 aliphatic rings. The molecule has 1 atom stereocenters. The topological polar surface area (TPSA) is 54.3 Å². The lowest BCUT2D eigenvalue weighted by Gasteiger charge is -2.46. The minimum atomic E-state index is -0.290. The van der Waals surface area contributed by atoms with Gasteiger partial charge >= 0.3 is 0 Å².